The molecule has 6 heteroatoms. The summed E-state index contributed by atoms with van der Waals surface area (Å²) in [5.41, 5.74) is 1.14. The standard InChI is InChI=1S/C12H17N3O2S/c1-8(16)10(6-14(3)4)11-7-18-12(13-11)15(5)9(2)17/h6-7H,1-5H3. The Morgan fingerprint density at radius 1 is 1.28 bits per heavy atom. The molecule has 0 aromatic carbocycles. The fraction of sp³-hybridized carbons (Fsp3) is 0.417. The number of anilines is 1. The zero-order valence-corrected chi connectivity index (χ0v) is 12.0. The highest BCUT2D eigenvalue weighted by atomic mass is 32.1. The van der Waals surface area contributed by atoms with Crippen LogP contribution in [0.2, 0.25) is 0 Å². The second-order valence-electron chi connectivity index (χ2n) is 4.16. The van der Waals surface area contributed by atoms with E-state index in [2.05, 4.69) is 4.98 Å². The number of ketones is 1. The van der Waals surface area contributed by atoms with Crippen molar-refractivity contribution in [2.24, 2.45) is 0 Å². The van der Waals surface area contributed by atoms with Crippen molar-refractivity contribution in [2.45, 2.75) is 13.8 Å². The van der Waals surface area contributed by atoms with Crippen LogP contribution >= 0.6 is 11.3 Å². The Hall–Kier alpha value is -1.69. The van der Waals surface area contributed by atoms with E-state index >= 15 is 0 Å². The Labute approximate surface area is 111 Å². The van der Waals surface area contributed by atoms with Gasteiger partial charge in [0.05, 0.1) is 11.3 Å². The molecule has 0 bridgehead atoms. The number of carbonyl (C=O) groups is 2. The van der Waals surface area contributed by atoms with Crippen molar-refractivity contribution >= 4 is 33.7 Å². The summed E-state index contributed by atoms with van der Waals surface area (Å²) in [6.07, 6.45) is 1.73. The van der Waals surface area contributed by atoms with E-state index in [0.29, 0.717) is 16.4 Å². The van der Waals surface area contributed by atoms with Crippen LogP contribution in [0.4, 0.5) is 5.13 Å². The minimum absolute atomic E-state index is 0.0500. The summed E-state index contributed by atoms with van der Waals surface area (Å²) in [7, 11) is 5.35. The number of carbonyl (C=O) groups excluding carboxylic acids is 2. The van der Waals surface area contributed by atoms with Gasteiger partial charge in [0, 0.05) is 39.6 Å². The highest BCUT2D eigenvalue weighted by Gasteiger charge is 2.15. The topological polar surface area (TPSA) is 53.5 Å². The van der Waals surface area contributed by atoms with Gasteiger partial charge in [0.1, 0.15) is 0 Å². The lowest BCUT2D eigenvalue weighted by atomic mass is 10.1. The molecule has 1 aromatic rings. The third kappa shape index (κ3) is 3.40. The minimum atomic E-state index is -0.0862. The predicted molar refractivity (Wildman–Crippen MR) is 73.5 cm³/mol. The van der Waals surface area contributed by atoms with Gasteiger partial charge >= 0.3 is 0 Å². The van der Waals surface area contributed by atoms with Crippen molar-refractivity contribution < 1.29 is 9.59 Å². The number of thiazole rings is 1. The van der Waals surface area contributed by atoms with Crippen molar-refractivity contribution in [1.82, 2.24) is 9.88 Å². The molecule has 5 nitrogen and oxygen atoms in total. The van der Waals surface area contributed by atoms with E-state index in [-0.39, 0.29) is 11.7 Å². The average molecular weight is 267 g/mol. The zero-order valence-electron chi connectivity index (χ0n) is 11.2. The van der Waals surface area contributed by atoms with E-state index in [1.165, 1.54) is 30.1 Å². The van der Waals surface area contributed by atoms with Crippen molar-refractivity contribution in [2.75, 3.05) is 26.0 Å². The lowest BCUT2D eigenvalue weighted by molar-refractivity contribution is -0.116. The van der Waals surface area contributed by atoms with Crippen molar-refractivity contribution in [1.29, 1.82) is 0 Å². The number of hydrogen-bond donors (Lipinski definition) is 0. The molecule has 1 amide bonds. The molecule has 18 heavy (non-hydrogen) atoms. The van der Waals surface area contributed by atoms with Crippen molar-refractivity contribution in [3.05, 3.63) is 17.3 Å². The molecule has 0 aliphatic rings. The summed E-state index contributed by atoms with van der Waals surface area (Å²) in [5.74, 6) is -0.136. The smallest absolute Gasteiger partial charge is 0.225 e. The third-order valence-corrected chi connectivity index (χ3v) is 3.21. The molecule has 0 saturated carbocycles. The zero-order chi connectivity index (χ0) is 13.9. The number of Topliss-reactive ketones (excluding diaryl/α,β-unsaturated/α-hetero) is 1. The predicted octanol–water partition coefficient (Wildman–Crippen LogP) is 1.62. The molecular formula is C12H17N3O2S. The van der Waals surface area contributed by atoms with Crippen LogP contribution in [0.3, 0.4) is 0 Å². The van der Waals surface area contributed by atoms with E-state index in [9.17, 15) is 9.59 Å². The largest absolute Gasteiger partial charge is 0.383 e. The normalized spacial score (nSPS) is 11.3. The van der Waals surface area contributed by atoms with Gasteiger partial charge in [-0.2, -0.15) is 0 Å². The van der Waals surface area contributed by atoms with Gasteiger partial charge in [0.15, 0.2) is 10.9 Å². The lowest BCUT2D eigenvalue weighted by Crippen LogP contribution is -2.22. The molecule has 1 aromatic heterocycles. The fourth-order valence-corrected chi connectivity index (χ4v) is 2.11. The van der Waals surface area contributed by atoms with E-state index in [0.717, 1.165) is 0 Å². The van der Waals surface area contributed by atoms with Gasteiger partial charge < -0.3 is 4.90 Å². The number of nitrogens with zero attached hydrogens (tertiary/aromatic N) is 3. The summed E-state index contributed by atoms with van der Waals surface area (Å²) < 4.78 is 0. The number of amides is 1. The first-order valence-electron chi connectivity index (χ1n) is 5.42. The van der Waals surface area contributed by atoms with Crippen LogP contribution in [0.5, 0.6) is 0 Å². The number of hydrogen-bond acceptors (Lipinski definition) is 5. The molecule has 0 spiro atoms. The van der Waals surface area contributed by atoms with Gasteiger partial charge in [-0.3, -0.25) is 14.5 Å². The molecule has 98 valence electrons. The molecule has 1 heterocycles. The summed E-state index contributed by atoms with van der Waals surface area (Å²) in [4.78, 5) is 30.4. The molecule has 1 rings (SSSR count). The van der Waals surface area contributed by atoms with Gasteiger partial charge in [-0.05, 0) is 6.92 Å². The Bertz CT molecular complexity index is 491. The van der Waals surface area contributed by atoms with E-state index in [1.54, 1.807) is 23.5 Å². The first-order chi connectivity index (χ1) is 8.32. The molecule has 0 N–H and O–H groups in total. The van der Waals surface area contributed by atoms with E-state index in [1.807, 2.05) is 14.1 Å². The second-order valence-corrected chi connectivity index (χ2v) is 4.99. The Morgan fingerprint density at radius 2 is 1.89 bits per heavy atom. The Kier molecular flexibility index (Phi) is 4.61. The summed E-state index contributed by atoms with van der Waals surface area (Å²) in [6, 6.07) is 0. The second kappa shape index (κ2) is 5.77. The summed E-state index contributed by atoms with van der Waals surface area (Å²) in [6.45, 7) is 2.98. The monoisotopic (exact) mass is 267 g/mol. The van der Waals surface area contributed by atoms with Gasteiger partial charge in [0.25, 0.3) is 0 Å². The maximum absolute atomic E-state index is 11.6. The maximum atomic E-state index is 11.6. The SMILES string of the molecule is CC(=O)C(=CN(C)C)c1csc(N(C)C(C)=O)n1. The van der Waals surface area contributed by atoms with Crippen LogP contribution in [-0.4, -0.2) is 42.7 Å². The van der Waals surface area contributed by atoms with Crippen molar-refractivity contribution in [3.8, 4) is 0 Å². The molecule has 0 fully saturated rings. The van der Waals surface area contributed by atoms with E-state index in [4.69, 9.17) is 0 Å². The number of aromatic nitrogens is 1. The Balaban J connectivity index is 3.10. The number of allylic oxidation sites excluding steroid dienone is 1. The molecule has 0 unspecified atom stereocenters. The van der Waals surface area contributed by atoms with E-state index < -0.39 is 0 Å². The van der Waals surface area contributed by atoms with Crippen molar-refractivity contribution in [3.63, 3.8) is 0 Å². The van der Waals surface area contributed by atoms with Crippen LogP contribution < -0.4 is 4.90 Å². The molecule has 0 radical (unpaired) electrons. The molecule has 0 saturated heterocycles. The highest BCUT2D eigenvalue weighted by Crippen LogP contribution is 2.24. The first kappa shape index (κ1) is 14.4. The van der Waals surface area contributed by atoms with Crippen LogP contribution in [0.15, 0.2) is 11.6 Å². The van der Waals surface area contributed by atoms with Crippen LogP contribution in [0, 0.1) is 0 Å². The summed E-state index contributed by atoms with van der Waals surface area (Å²) in [5, 5.41) is 2.37. The minimum Gasteiger partial charge on any atom is -0.383 e. The Morgan fingerprint density at radius 3 is 2.33 bits per heavy atom. The first-order valence-corrected chi connectivity index (χ1v) is 6.30. The quantitative estimate of drug-likeness (QED) is 0.778. The van der Waals surface area contributed by atoms with Gasteiger partial charge in [-0.15, -0.1) is 11.3 Å². The summed E-state index contributed by atoms with van der Waals surface area (Å²) >= 11 is 1.34. The molecule has 0 atom stereocenters. The molecule has 0 aliphatic heterocycles. The van der Waals surface area contributed by atoms with Gasteiger partial charge in [-0.1, -0.05) is 0 Å². The molecular weight excluding hydrogens is 250 g/mol. The third-order valence-electron chi connectivity index (χ3n) is 2.29. The van der Waals surface area contributed by atoms with Crippen LogP contribution in [0.25, 0.3) is 5.57 Å². The van der Waals surface area contributed by atoms with Crippen LogP contribution in [-0.2, 0) is 9.59 Å². The maximum Gasteiger partial charge on any atom is 0.225 e. The fourth-order valence-electron chi connectivity index (χ4n) is 1.27. The van der Waals surface area contributed by atoms with Gasteiger partial charge in [-0.25, -0.2) is 4.98 Å². The van der Waals surface area contributed by atoms with Crippen LogP contribution in [0.1, 0.15) is 19.5 Å². The van der Waals surface area contributed by atoms with Gasteiger partial charge in [0.2, 0.25) is 5.91 Å². The number of rotatable bonds is 4. The lowest BCUT2D eigenvalue weighted by Gasteiger charge is -2.10. The highest BCUT2D eigenvalue weighted by molar-refractivity contribution is 7.14. The molecule has 0 aliphatic carbocycles. The average Bonchev–Trinajstić information content (AvgIpc) is 2.72.